The molecule has 0 atom stereocenters. The molecule has 0 aliphatic rings. The van der Waals surface area contributed by atoms with Crippen molar-refractivity contribution in [3.05, 3.63) is 286 Å². The largest absolute Gasteiger partial charge is 3.00 e. The van der Waals surface area contributed by atoms with Gasteiger partial charge in [-0.3, -0.25) is 0 Å². The van der Waals surface area contributed by atoms with Crippen LogP contribution in [0.15, 0.2) is 267 Å². The minimum Gasteiger partial charge on any atom is -0.304 e. The van der Waals surface area contributed by atoms with Crippen molar-refractivity contribution in [1.82, 2.24) is 15.0 Å². The first-order chi connectivity index (χ1) is 35.7. The minimum atomic E-state index is 0. The first-order valence-corrected chi connectivity index (χ1v) is 24.1. The summed E-state index contributed by atoms with van der Waals surface area (Å²) in [4.78, 5) is 15.0. The molecule has 12 rings (SSSR count). The summed E-state index contributed by atoms with van der Waals surface area (Å²) in [5.41, 5.74) is 22.9. The van der Waals surface area contributed by atoms with E-state index < -0.39 is 0 Å². The van der Waals surface area contributed by atoms with Crippen LogP contribution < -0.4 is 0 Å². The number of pyridine rings is 3. The Morgan fingerprint density at radius 2 is 0.603 bits per heavy atom. The normalized spacial score (nSPS) is 10.9. The minimum absolute atomic E-state index is 0. The molecule has 0 bridgehead atoms. The summed E-state index contributed by atoms with van der Waals surface area (Å²) in [5, 5.41) is 0. The molecule has 73 heavy (non-hydrogen) atoms. The molecule has 0 unspecified atom stereocenters. The quantitative estimate of drug-likeness (QED) is 0.121. The van der Waals surface area contributed by atoms with E-state index in [1.165, 1.54) is 5.56 Å². The molecule has 4 heteroatoms. The molecule has 3 aromatic heterocycles. The number of hydrogen-bond acceptors (Lipinski definition) is 3. The summed E-state index contributed by atoms with van der Waals surface area (Å²) in [7, 11) is 0. The van der Waals surface area contributed by atoms with Gasteiger partial charge in [-0.1, -0.05) is 152 Å². The fourth-order valence-electron chi connectivity index (χ4n) is 9.67. The Bertz CT molecular complexity index is 3680. The average molecular weight is 1110 g/mol. The number of benzene rings is 9. The Morgan fingerprint density at radius 3 is 1.07 bits per heavy atom. The van der Waals surface area contributed by atoms with Crippen LogP contribution in [0, 0.1) is 18.2 Å². The van der Waals surface area contributed by atoms with Gasteiger partial charge in [0.2, 0.25) is 0 Å². The summed E-state index contributed by atoms with van der Waals surface area (Å²) in [6.45, 7) is 0. The van der Waals surface area contributed by atoms with Crippen molar-refractivity contribution < 1.29 is 20.1 Å². The van der Waals surface area contributed by atoms with Crippen LogP contribution in [0.2, 0.25) is 0 Å². The van der Waals surface area contributed by atoms with Gasteiger partial charge in [-0.05, 0) is 125 Å². The van der Waals surface area contributed by atoms with E-state index in [-0.39, 0.29) is 20.1 Å². The van der Waals surface area contributed by atoms with Gasteiger partial charge in [0.1, 0.15) is 0 Å². The molecular weight excluding hydrogens is 1060 g/mol. The molecule has 0 aliphatic heterocycles. The van der Waals surface area contributed by atoms with Gasteiger partial charge in [0.15, 0.2) is 0 Å². The van der Waals surface area contributed by atoms with Crippen molar-refractivity contribution in [2.24, 2.45) is 0 Å². The second-order valence-corrected chi connectivity index (χ2v) is 17.7. The maximum absolute atomic E-state index is 5.15. The maximum atomic E-state index is 5.15. The topological polar surface area (TPSA) is 38.7 Å². The standard InChI is InChI=1S/C69H44N3.Ir/c1-5-20-48(21-6-1)52-28-19-29-53(40-52)65-44-69(51-26-11-4-12-27-51)72-47-66(65)64-35-18-17-34-63(64)58-42-56(61-32-15-13-30-59(61)54-36-38-67(70-45-54)49-22-7-2-8-23-49)41-57(43-58)62-33-16-14-31-60(62)55-37-39-68(71-46-55)50-24-9-3-10-25-50;/h1-22,24,26,28-47H;/q-3;+3. The summed E-state index contributed by atoms with van der Waals surface area (Å²) in [6, 6.07) is 97.2. The molecule has 0 aliphatic carbocycles. The van der Waals surface area contributed by atoms with Crippen LogP contribution in [-0.4, -0.2) is 15.0 Å². The first-order valence-electron chi connectivity index (χ1n) is 24.1. The number of nitrogens with zero attached hydrogens (tertiary/aromatic N) is 3. The fraction of sp³-hybridized carbons (Fsp3) is 0. The third-order valence-electron chi connectivity index (χ3n) is 13.2. The summed E-state index contributed by atoms with van der Waals surface area (Å²) >= 11 is 0. The molecule has 0 amide bonds. The van der Waals surface area contributed by atoms with Crippen LogP contribution in [0.25, 0.3) is 123 Å². The van der Waals surface area contributed by atoms with Gasteiger partial charge < -0.3 is 15.0 Å². The van der Waals surface area contributed by atoms with Gasteiger partial charge in [0.25, 0.3) is 0 Å². The van der Waals surface area contributed by atoms with E-state index in [2.05, 4.69) is 200 Å². The van der Waals surface area contributed by atoms with E-state index in [0.29, 0.717) is 0 Å². The molecular formula is C69H44IrN3. The predicted octanol–water partition coefficient (Wildman–Crippen LogP) is 17.6. The van der Waals surface area contributed by atoms with E-state index in [0.717, 1.165) is 117 Å². The molecule has 12 aromatic rings. The zero-order valence-corrected chi connectivity index (χ0v) is 42.0. The number of hydrogen-bond donors (Lipinski definition) is 0. The Kier molecular flexibility index (Phi) is 13.5. The van der Waals surface area contributed by atoms with Crippen LogP contribution >= 0.6 is 0 Å². The van der Waals surface area contributed by atoms with Gasteiger partial charge in [0, 0.05) is 24.2 Å². The van der Waals surface area contributed by atoms with Gasteiger partial charge in [0.05, 0.1) is 0 Å². The average Bonchev–Trinajstić information content (AvgIpc) is 3.48. The smallest absolute Gasteiger partial charge is 0.304 e. The number of rotatable bonds is 11. The van der Waals surface area contributed by atoms with E-state index >= 15 is 0 Å². The Hall–Kier alpha value is -8.92. The summed E-state index contributed by atoms with van der Waals surface area (Å²) in [5.74, 6) is 0. The molecule has 3 heterocycles. The van der Waals surface area contributed by atoms with Crippen molar-refractivity contribution in [2.45, 2.75) is 0 Å². The molecule has 3 nitrogen and oxygen atoms in total. The van der Waals surface area contributed by atoms with E-state index in [4.69, 9.17) is 15.0 Å². The summed E-state index contributed by atoms with van der Waals surface area (Å²) in [6.07, 6.45) is 6.00. The second-order valence-electron chi connectivity index (χ2n) is 17.7. The molecule has 0 spiro atoms. The third-order valence-corrected chi connectivity index (χ3v) is 13.2. The van der Waals surface area contributed by atoms with Crippen molar-refractivity contribution in [3.8, 4) is 123 Å². The Morgan fingerprint density at radius 1 is 0.219 bits per heavy atom. The zero-order chi connectivity index (χ0) is 48.1. The van der Waals surface area contributed by atoms with E-state index in [1.807, 2.05) is 85.3 Å². The van der Waals surface area contributed by atoms with Crippen molar-refractivity contribution >= 4 is 0 Å². The molecule has 0 radical (unpaired) electrons. The van der Waals surface area contributed by atoms with Crippen molar-refractivity contribution in [1.29, 1.82) is 0 Å². The molecule has 0 saturated carbocycles. The first kappa shape index (κ1) is 46.5. The van der Waals surface area contributed by atoms with Crippen molar-refractivity contribution in [3.63, 3.8) is 0 Å². The molecule has 9 aromatic carbocycles. The molecule has 0 fully saturated rings. The van der Waals surface area contributed by atoms with Gasteiger partial charge in [-0.25, -0.2) is 0 Å². The maximum Gasteiger partial charge on any atom is 3.00 e. The Balaban J connectivity index is 0.00000574. The van der Waals surface area contributed by atoms with Crippen LogP contribution in [0.4, 0.5) is 0 Å². The van der Waals surface area contributed by atoms with Crippen LogP contribution in [0.1, 0.15) is 0 Å². The number of aromatic nitrogens is 3. The third kappa shape index (κ3) is 9.79. The van der Waals surface area contributed by atoms with Gasteiger partial charge in [-0.2, -0.15) is 0 Å². The molecule has 344 valence electrons. The summed E-state index contributed by atoms with van der Waals surface area (Å²) < 4.78 is 0. The van der Waals surface area contributed by atoms with Crippen molar-refractivity contribution in [2.75, 3.05) is 0 Å². The molecule has 0 saturated heterocycles. The van der Waals surface area contributed by atoms with Crippen LogP contribution in [0.3, 0.4) is 0 Å². The van der Waals surface area contributed by atoms with E-state index in [1.54, 1.807) is 0 Å². The Labute approximate surface area is 440 Å². The zero-order valence-electron chi connectivity index (χ0n) is 39.6. The van der Waals surface area contributed by atoms with Gasteiger partial charge >= 0.3 is 20.1 Å². The van der Waals surface area contributed by atoms with Crippen LogP contribution in [0.5, 0.6) is 0 Å². The predicted molar refractivity (Wildman–Crippen MR) is 296 cm³/mol. The monoisotopic (exact) mass is 1110 g/mol. The SMILES string of the molecule is [Ir+3].[c-]1ccccc1-c1ccc(-c2ccccc2-c2cc(-c3ccccc3-c3ccc(-c4[c-]cccc4)nc3)cc(-c3ccccc3-c3cnc(-c4[c-]cccc4)cc3-c3cccc(-c4ccccc4)c3)c2)cn1. The fourth-order valence-corrected chi connectivity index (χ4v) is 9.67. The van der Waals surface area contributed by atoms with Crippen LogP contribution in [-0.2, 0) is 20.1 Å². The molecule has 0 N–H and O–H groups in total. The van der Waals surface area contributed by atoms with E-state index in [9.17, 15) is 0 Å². The second kappa shape index (κ2) is 21.2. The van der Waals surface area contributed by atoms with Gasteiger partial charge in [-0.15, -0.1) is 108 Å².